The number of hydrogen-bond acceptors (Lipinski definition) is 4. The topological polar surface area (TPSA) is 63.2 Å². The van der Waals surface area contributed by atoms with Gasteiger partial charge in [-0.2, -0.15) is 0 Å². The average Bonchev–Trinajstić information content (AvgIpc) is 2.65. The smallest absolute Gasteiger partial charge is 0.255 e. The van der Waals surface area contributed by atoms with Crippen LogP contribution in [0.4, 0.5) is 5.69 Å². The van der Waals surface area contributed by atoms with E-state index in [4.69, 9.17) is 0 Å². The minimum atomic E-state index is -3.27. The molecule has 1 N–H and O–H groups in total. The maximum atomic E-state index is 12.4. The Balaban J connectivity index is 1.68. The van der Waals surface area contributed by atoms with Gasteiger partial charge in [0.05, 0.1) is 4.90 Å². The summed E-state index contributed by atoms with van der Waals surface area (Å²) in [4.78, 5) is 14.9. The Morgan fingerprint density at radius 1 is 0.893 bits per heavy atom. The molecule has 4 nitrogen and oxygen atoms in total. The first-order chi connectivity index (χ1) is 13.2. The highest BCUT2D eigenvalue weighted by atomic mass is 32.2. The summed E-state index contributed by atoms with van der Waals surface area (Å²) in [6, 6.07) is 19.9. The number of carbonyl (C=O) groups excluding carboxylic acids is 1. The van der Waals surface area contributed by atoms with Crippen LogP contribution in [0.25, 0.3) is 0 Å². The summed E-state index contributed by atoms with van der Waals surface area (Å²) in [6.07, 6.45) is 1.14. The van der Waals surface area contributed by atoms with E-state index in [2.05, 4.69) is 37.4 Å². The van der Waals surface area contributed by atoms with Crippen LogP contribution in [0.15, 0.2) is 81.4 Å². The van der Waals surface area contributed by atoms with Crippen molar-refractivity contribution in [1.82, 2.24) is 0 Å². The number of amides is 1. The first-order valence-corrected chi connectivity index (χ1v) is 11.4. The van der Waals surface area contributed by atoms with Crippen LogP contribution in [0.2, 0.25) is 0 Å². The van der Waals surface area contributed by atoms with Crippen LogP contribution in [0.5, 0.6) is 0 Å². The lowest BCUT2D eigenvalue weighted by Gasteiger charge is -2.09. The minimum Gasteiger partial charge on any atom is -0.322 e. The zero-order valence-electron chi connectivity index (χ0n) is 15.9. The van der Waals surface area contributed by atoms with E-state index in [-0.39, 0.29) is 10.8 Å². The standard InChI is InChI=1S/C22H21NO3S2/c1-15-4-5-16(2)21(14-15)27-19-10-8-18(9-11-19)23-22(24)17-6-12-20(13-7-17)28(3,25)26/h4-14H,1-3H3,(H,23,24). The first-order valence-electron chi connectivity index (χ1n) is 8.69. The molecule has 0 bridgehead atoms. The lowest BCUT2D eigenvalue weighted by molar-refractivity contribution is 0.102. The van der Waals surface area contributed by atoms with Crippen molar-refractivity contribution >= 4 is 33.2 Å². The number of rotatable bonds is 5. The molecular formula is C22H21NO3S2. The van der Waals surface area contributed by atoms with Crippen molar-refractivity contribution in [1.29, 1.82) is 0 Å². The summed E-state index contributed by atoms with van der Waals surface area (Å²) < 4.78 is 23.0. The van der Waals surface area contributed by atoms with Crippen LogP contribution in [0, 0.1) is 13.8 Å². The van der Waals surface area contributed by atoms with Crippen molar-refractivity contribution in [2.24, 2.45) is 0 Å². The second-order valence-corrected chi connectivity index (χ2v) is 9.78. The second kappa shape index (κ2) is 8.20. The SMILES string of the molecule is Cc1ccc(C)c(Sc2ccc(NC(=O)c3ccc(S(C)(=O)=O)cc3)cc2)c1. The van der Waals surface area contributed by atoms with Gasteiger partial charge in [-0.05, 0) is 79.6 Å². The summed E-state index contributed by atoms with van der Waals surface area (Å²) in [7, 11) is -3.27. The molecule has 6 heteroatoms. The Hall–Kier alpha value is -2.57. The van der Waals surface area contributed by atoms with Crippen molar-refractivity contribution in [2.75, 3.05) is 11.6 Å². The maximum Gasteiger partial charge on any atom is 0.255 e. The number of aryl methyl sites for hydroxylation is 2. The monoisotopic (exact) mass is 411 g/mol. The van der Waals surface area contributed by atoms with Gasteiger partial charge in [0.2, 0.25) is 0 Å². The zero-order chi connectivity index (χ0) is 20.3. The van der Waals surface area contributed by atoms with Crippen LogP contribution in [-0.2, 0) is 9.84 Å². The van der Waals surface area contributed by atoms with E-state index >= 15 is 0 Å². The van der Waals surface area contributed by atoms with E-state index < -0.39 is 9.84 Å². The maximum absolute atomic E-state index is 12.4. The molecule has 0 radical (unpaired) electrons. The minimum absolute atomic E-state index is 0.192. The summed E-state index contributed by atoms with van der Waals surface area (Å²) in [5.74, 6) is -0.282. The van der Waals surface area contributed by atoms with Gasteiger partial charge in [-0.15, -0.1) is 0 Å². The molecule has 0 heterocycles. The molecule has 0 saturated heterocycles. The van der Waals surface area contributed by atoms with E-state index in [1.165, 1.54) is 40.3 Å². The molecule has 0 aliphatic rings. The predicted octanol–water partition coefficient (Wildman–Crippen LogP) is 5.11. The van der Waals surface area contributed by atoms with Crippen LogP contribution in [0.3, 0.4) is 0 Å². The molecule has 1 amide bonds. The largest absolute Gasteiger partial charge is 0.322 e. The van der Waals surface area contributed by atoms with Gasteiger partial charge in [0.1, 0.15) is 0 Å². The van der Waals surface area contributed by atoms with Gasteiger partial charge >= 0.3 is 0 Å². The Morgan fingerprint density at radius 3 is 2.14 bits per heavy atom. The number of anilines is 1. The van der Waals surface area contributed by atoms with Crippen molar-refractivity contribution in [2.45, 2.75) is 28.5 Å². The van der Waals surface area contributed by atoms with Gasteiger partial charge in [-0.1, -0.05) is 23.9 Å². The fourth-order valence-electron chi connectivity index (χ4n) is 2.61. The molecule has 0 aromatic heterocycles. The third-order valence-corrected chi connectivity index (χ3v) is 6.52. The molecule has 0 aliphatic heterocycles. The van der Waals surface area contributed by atoms with Crippen LogP contribution in [-0.4, -0.2) is 20.6 Å². The molecule has 3 rings (SSSR count). The quantitative estimate of drug-likeness (QED) is 0.634. The molecule has 0 unspecified atom stereocenters. The molecule has 0 aliphatic carbocycles. The molecule has 0 spiro atoms. The molecule has 0 saturated carbocycles. The second-order valence-electron chi connectivity index (χ2n) is 6.65. The van der Waals surface area contributed by atoms with Crippen molar-refractivity contribution in [3.63, 3.8) is 0 Å². The molecule has 3 aromatic carbocycles. The zero-order valence-corrected chi connectivity index (χ0v) is 17.5. The van der Waals surface area contributed by atoms with Gasteiger partial charge in [0, 0.05) is 27.3 Å². The van der Waals surface area contributed by atoms with E-state index in [0.717, 1.165) is 11.2 Å². The number of carbonyl (C=O) groups is 1. The molecule has 28 heavy (non-hydrogen) atoms. The lowest BCUT2D eigenvalue weighted by atomic mass is 10.2. The number of benzene rings is 3. The van der Waals surface area contributed by atoms with Gasteiger partial charge in [-0.3, -0.25) is 4.79 Å². The fraction of sp³-hybridized carbons (Fsp3) is 0.136. The lowest BCUT2D eigenvalue weighted by Crippen LogP contribution is -2.12. The Kier molecular flexibility index (Phi) is 5.91. The summed E-state index contributed by atoms with van der Waals surface area (Å²) in [5, 5.41) is 2.83. The molecule has 0 atom stereocenters. The summed E-state index contributed by atoms with van der Waals surface area (Å²) in [5.41, 5.74) is 3.54. The highest BCUT2D eigenvalue weighted by Gasteiger charge is 2.10. The average molecular weight is 412 g/mol. The van der Waals surface area contributed by atoms with Gasteiger partial charge in [0.25, 0.3) is 5.91 Å². The Labute approximate surface area is 169 Å². The van der Waals surface area contributed by atoms with E-state index in [0.29, 0.717) is 11.3 Å². The first kappa shape index (κ1) is 20.2. The van der Waals surface area contributed by atoms with Gasteiger partial charge in [-0.25, -0.2) is 8.42 Å². The summed E-state index contributed by atoms with van der Waals surface area (Å²) >= 11 is 1.69. The highest BCUT2D eigenvalue weighted by molar-refractivity contribution is 7.99. The van der Waals surface area contributed by atoms with Crippen LogP contribution < -0.4 is 5.32 Å². The normalized spacial score (nSPS) is 11.2. The molecule has 3 aromatic rings. The third kappa shape index (κ3) is 5.03. The van der Waals surface area contributed by atoms with Crippen molar-refractivity contribution < 1.29 is 13.2 Å². The fourth-order valence-corrected chi connectivity index (χ4v) is 4.24. The van der Waals surface area contributed by atoms with Crippen LogP contribution in [0.1, 0.15) is 21.5 Å². The van der Waals surface area contributed by atoms with E-state index in [1.54, 1.807) is 11.8 Å². The molecule has 144 valence electrons. The molecular weight excluding hydrogens is 390 g/mol. The van der Waals surface area contributed by atoms with Crippen molar-refractivity contribution in [3.05, 3.63) is 83.4 Å². The van der Waals surface area contributed by atoms with Crippen molar-refractivity contribution in [3.8, 4) is 0 Å². The van der Waals surface area contributed by atoms with Gasteiger partial charge < -0.3 is 5.32 Å². The number of sulfone groups is 1. The Bertz CT molecular complexity index is 1100. The van der Waals surface area contributed by atoms with E-state index in [1.807, 2.05) is 24.3 Å². The summed E-state index contributed by atoms with van der Waals surface area (Å²) in [6.45, 7) is 4.16. The number of nitrogens with one attached hydrogen (secondary N) is 1. The van der Waals surface area contributed by atoms with Crippen LogP contribution >= 0.6 is 11.8 Å². The van der Waals surface area contributed by atoms with E-state index in [9.17, 15) is 13.2 Å². The van der Waals surface area contributed by atoms with Gasteiger partial charge in [0.15, 0.2) is 9.84 Å². The molecule has 0 fully saturated rings. The highest BCUT2D eigenvalue weighted by Crippen LogP contribution is 2.31. The number of hydrogen-bond donors (Lipinski definition) is 1. The predicted molar refractivity (Wildman–Crippen MR) is 114 cm³/mol. The Morgan fingerprint density at radius 2 is 1.54 bits per heavy atom. The third-order valence-electron chi connectivity index (χ3n) is 4.23.